The number of rotatable bonds is 2. The van der Waals surface area contributed by atoms with Crippen molar-refractivity contribution in [1.82, 2.24) is 0 Å². The highest BCUT2D eigenvalue weighted by molar-refractivity contribution is 5.69. The molecule has 2 unspecified atom stereocenters. The lowest BCUT2D eigenvalue weighted by Gasteiger charge is -2.05. The molecular formula is C10H10O4. The third-order valence-corrected chi connectivity index (χ3v) is 1.95. The van der Waals surface area contributed by atoms with Gasteiger partial charge in [-0.2, -0.15) is 0 Å². The Balaban J connectivity index is 2.25. The monoisotopic (exact) mass is 194 g/mol. The van der Waals surface area contributed by atoms with Crippen LogP contribution >= 0.6 is 0 Å². The molecule has 4 heteroatoms. The zero-order valence-electron chi connectivity index (χ0n) is 7.64. The maximum Gasteiger partial charge on any atom is 0.308 e. The molecule has 2 rings (SSSR count). The molecule has 0 aliphatic carbocycles. The number of carbonyl (C=O) groups excluding carboxylic acids is 1. The number of esters is 1. The molecular weight excluding hydrogens is 184 g/mol. The summed E-state index contributed by atoms with van der Waals surface area (Å²) in [5.74, 6) is 0.0640. The van der Waals surface area contributed by atoms with E-state index in [9.17, 15) is 4.79 Å². The highest BCUT2D eigenvalue weighted by Crippen LogP contribution is 2.41. The quantitative estimate of drug-likeness (QED) is 0.433. The Hall–Kier alpha value is -1.39. The van der Waals surface area contributed by atoms with Crippen LogP contribution in [0.1, 0.15) is 18.6 Å². The Morgan fingerprint density at radius 3 is 2.71 bits per heavy atom. The van der Waals surface area contributed by atoms with Crippen molar-refractivity contribution in [3.8, 4) is 5.75 Å². The van der Waals surface area contributed by atoms with Crippen LogP contribution in [0, 0.1) is 0 Å². The van der Waals surface area contributed by atoms with Gasteiger partial charge >= 0.3 is 5.97 Å². The molecule has 1 fully saturated rings. The van der Waals surface area contributed by atoms with Crippen LogP contribution in [-0.2, 0) is 9.53 Å². The Morgan fingerprint density at radius 2 is 2.14 bits per heavy atom. The van der Waals surface area contributed by atoms with Crippen LogP contribution in [-0.4, -0.2) is 17.4 Å². The number of hydrogen-bond acceptors (Lipinski definition) is 4. The smallest absolute Gasteiger partial charge is 0.308 e. The highest BCUT2D eigenvalue weighted by Gasteiger charge is 2.40. The summed E-state index contributed by atoms with van der Waals surface area (Å²) in [6.07, 6.45) is -1.13. The summed E-state index contributed by atoms with van der Waals surface area (Å²) in [4.78, 5) is 10.8. The molecule has 1 aliphatic heterocycles. The number of para-hydroxylation sites is 1. The molecule has 0 bridgehead atoms. The summed E-state index contributed by atoms with van der Waals surface area (Å²) in [6, 6.07) is 7.00. The van der Waals surface area contributed by atoms with E-state index in [-0.39, 0.29) is 12.1 Å². The number of hydrogen-bond donors (Lipinski definition) is 1. The number of aliphatic hydroxyl groups excluding tert-OH is 1. The van der Waals surface area contributed by atoms with Gasteiger partial charge in [0.1, 0.15) is 11.9 Å². The predicted molar refractivity (Wildman–Crippen MR) is 47.6 cm³/mol. The standard InChI is InChI=1S/C10H10O4/c1-6(11)13-8-5-3-2-4-7(8)9-10(12)14-9/h2-5,9-10,12H,1H3. The fourth-order valence-corrected chi connectivity index (χ4v) is 1.30. The van der Waals surface area contributed by atoms with E-state index >= 15 is 0 Å². The van der Waals surface area contributed by atoms with Crippen LogP contribution in [0.15, 0.2) is 24.3 Å². The second kappa shape index (κ2) is 3.40. The topological polar surface area (TPSA) is 59.1 Å². The summed E-state index contributed by atoms with van der Waals surface area (Å²) >= 11 is 0. The third-order valence-electron chi connectivity index (χ3n) is 1.95. The zero-order valence-corrected chi connectivity index (χ0v) is 7.64. The van der Waals surface area contributed by atoms with Gasteiger partial charge in [0, 0.05) is 12.5 Å². The summed E-state index contributed by atoms with van der Waals surface area (Å²) < 4.78 is 9.85. The van der Waals surface area contributed by atoms with Crippen molar-refractivity contribution < 1.29 is 19.4 Å². The number of carbonyl (C=O) groups is 1. The van der Waals surface area contributed by atoms with E-state index in [4.69, 9.17) is 14.6 Å². The molecule has 0 radical (unpaired) electrons. The minimum atomic E-state index is -0.772. The molecule has 1 aromatic carbocycles. The first-order valence-corrected chi connectivity index (χ1v) is 4.29. The van der Waals surface area contributed by atoms with E-state index in [1.54, 1.807) is 24.3 Å². The fraction of sp³-hybridized carbons (Fsp3) is 0.300. The molecule has 1 N–H and O–H groups in total. The van der Waals surface area contributed by atoms with Gasteiger partial charge in [-0.25, -0.2) is 0 Å². The molecule has 1 aromatic rings. The molecule has 0 aromatic heterocycles. The van der Waals surface area contributed by atoms with Gasteiger partial charge in [-0.15, -0.1) is 0 Å². The lowest BCUT2D eigenvalue weighted by Crippen LogP contribution is -2.03. The van der Waals surface area contributed by atoms with Crippen molar-refractivity contribution in [1.29, 1.82) is 0 Å². The van der Waals surface area contributed by atoms with E-state index in [0.29, 0.717) is 11.3 Å². The van der Waals surface area contributed by atoms with Crippen LogP contribution < -0.4 is 4.74 Å². The average Bonchev–Trinajstić information content (AvgIpc) is 2.82. The molecule has 4 nitrogen and oxygen atoms in total. The van der Waals surface area contributed by atoms with E-state index in [1.807, 2.05) is 0 Å². The van der Waals surface area contributed by atoms with E-state index in [2.05, 4.69) is 0 Å². The Labute approximate surface area is 81.1 Å². The minimum absolute atomic E-state index is 0.356. The van der Waals surface area contributed by atoms with Crippen molar-refractivity contribution in [3.05, 3.63) is 29.8 Å². The van der Waals surface area contributed by atoms with Gasteiger partial charge in [0.05, 0.1) is 0 Å². The number of aliphatic hydroxyl groups is 1. The predicted octanol–water partition coefficient (Wildman–Crippen LogP) is 1.00. The van der Waals surface area contributed by atoms with Gasteiger partial charge in [0.2, 0.25) is 0 Å². The van der Waals surface area contributed by atoms with Gasteiger partial charge in [-0.05, 0) is 6.07 Å². The molecule has 0 amide bonds. The lowest BCUT2D eigenvalue weighted by molar-refractivity contribution is -0.131. The van der Waals surface area contributed by atoms with Gasteiger partial charge < -0.3 is 14.6 Å². The molecule has 1 aliphatic rings. The Bertz CT molecular complexity index is 361. The zero-order chi connectivity index (χ0) is 10.1. The van der Waals surface area contributed by atoms with E-state index in [1.165, 1.54) is 6.92 Å². The van der Waals surface area contributed by atoms with Gasteiger partial charge in [0.25, 0.3) is 0 Å². The van der Waals surface area contributed by atoms with Crippen LogP contribution in [0.25, 0.3) is 0 Å². The maximum atomic E-state index is 10.8. The Morgan fingerprint density at radius 1 is 1.50 bits per heavy atom. The minimum Gasteiger partial charge on any atom is -0.426 e. The first-order chi connectivity index (χ1) is 6.68. The largest absolute Gasteiger partial charge is 0.426 e. The van der Waals surface area contributed by atoms with Gasteiger partial charge in [-0.3, -0.25) is 4.79 Å². The third kappa shape index (κ3) is 1.76. The second-order valence-corrected chi connectivity index (χ2v) is 3.08. The van der Waals surface area contributed by atoms with Crippen molar-refractivity contribution in [2.75, 3.05) is 0 Å². The normalized spacial score (nSPS) is 24.4. The highest BCUT2D eigenvalue weighted by atomic mass is 16.7. The first-order valence-electron chi connectivity index (χ1n) is 4.29. The summed E-state index contributed by atoms with van der Waals surface area (Å²) in [5.41, 5.74) is 0.704. The number of epoxide rings is 1. The van der Waals surface area contributed by atoms with Gasteiger partial charge in [0.15, 0.2) is 6.29 Å². The van der Waals surface area contributed by atoms with Crippen molar-refractivity contribution in [2.45, 2.75) is 19.3 Å². The SMILES string of the molecule is CC(=O)Oc1ccccc1C1OC1O. The van der Waals surface area contributed by atoms with Crippen molar-refractivity contribution in [2.24, 2.45) is 0 Å². The summed E-state index contributed by atoms with van der Waals surface area (Å²) in [6.45, 7) is 1.33. The van der Waals surface area contributed by atoms with Crippen molar-refractivity contribution >= 4 is 5.97 Å². The van der Waals surface area contributed by atoms with E-state index < -0.39 is 6.29 Å². The van der Waals surface area contributed by atoms with Crippen LogP contribution in [0.3, 0.4) is 0 Å². The maximum absolute atomic E-state index is 10.8. The van der Waals surface area contributed by atoms with Crippen LogP contribution in [0.4, 0.5) is 0 Å². The molecule has 0 spiro atoms. The van der Waals surface area contributed by atoms with Crippen molar-refractivity contribution in [3.63, 3.8) is 0 Å². The summed E-state index contributed by atoms with van der Waals surface area (Å²) in [5, 5.41) is 9.08. The first kappa shape index (κ1) is 9.18. The fourth-order valence-electron chi connectivity index (χ4n) is 1.30. The number of benzene rings is 1. The molecule has 74 valence electrons. The van der Waals surface area contributed by atoms with Gasteiger partial charge in [-0.1, -0.05) is 18.2 Å². The number of ether oxygens (including phenoxy) is 2. The Kier molecular flexibility index (Phi) is 2.23. The molecule has 14 heavy (non-hydrogen) atoms. The average molecular weight is 194 g/mol. The molecule has 0 saturated carbocycles. The second-order valence-electron chi connectivity index (χ2n) is 3.08. The van der Waals surface area contributed by atoms with Crippen LogP contribution in [0.2, 0.25) is 0 Å². The lowest BCUT2D eigenvalue weighted by atomic mass is 10.1. The molecule has 1 heterocycles. The molecule has 2 atom stereocenters. The summed E-state index contributed by atoms with van der Waals surface area (Å²) in [7, 11) is 0. The molecule has 1 saturated heterocycles. The van der Waals surface area contributed by atoms with E-state index in [0.717, 1.165) is 0 Å². The van der Waals surface area contributed by atoms with Crippen LogP contribution in [0.5, 0.6) is 5.75 Å².